The molecule has 6 heteroatoms. The average Bonchev–Trinajstić information content (AvgIpc) is 3.39. The molecule has 0 unspecified atom stereocenters. The fourth-order valence-electron chi connectivity index (χ4n) is 3.81. The number of carbonyl (C=O) groups excluding carboxylic acids is 1. The van der Waals surface area contributed by atoms with Gasteiger partial charge in [-0.05, 0) is 55.2 Å². The van der Waals surface area contributed by atoms with Crippen molar-refractivity contribution in [2.45, 2.75) is 39.2 Å². The van der Waals surface area contributed by atoms with Crippen molar-refractivity contribution in [3.8, 4) is 5.75 Å². The fourth-order valence-corrected chi connectivity index (χ4v) is 3.81. The van der Waals surface area contributed by atoms with Gasteiger partial charge in [-0.3, -0.25) is 9.89 Å². The van der Waals surface area contributed by atoms with E-state index in [1.165, 1.54) is 23.3 Å². The standard InChI is InChI=1S/C24H26FN3O2/c1-16-6-7-18(10-17(16)2)11-24(29)28-9-8-19(14-28)23-13-21(26-27-23)15-30-22-5-3-4-20(25)12-22/h3-7,10,12-13,19H,8-9,11,14-15H2,1-2H3,(H,26,27)/t19-/m1/s1. The van der Waals surface area contributed by atoms with Gasteiger partial charge in [-0.1, -0.05) is 24.3 Å². The number of hydrogen-bond donors (Lipinski definition) is 1. The lowest BCUT2D eigenvalue weighted by Crippen LogP contribution is -2.29. The molecule has 1 amide bonds. The van der Waals surface area contributed by atoms with Gasteiger partial charge >= 0.3 is 0 Å². The first kappa shape index (κ1) is 20.1. The molecule has 1 aliphatic heterocycles. The van der Waals surface area contributed by atoms with Crippen molar-refractivity contribution in [1.82, 2.24) is 15.1 Å². The number of nitrogens with zero attached hydrogens (tertiary/aromatic N) is 2. The van der Waals surface area contributed by atoms with Crippen LogP contribution in [-0.4, -0.2) is 34.1 Å². The SMILES string of the molecule is Cc1ccc(CC(=O)N2CC[C@@H](c3cc(COc4cccc(F)c4)[nH]n3)C2)cc1C. The van der Waals surface area contributed by atoms with Crippen LogP contribution in [0, 0.1) is 19.7 Å². The Bertz CT molecular complexity index is 1050. The summed E-state index contributed by atoms with van der Waals surface area (Å²) in [4.78, 5) is 14.7. The van der Waals surface area contributed by atoms with E-state index in [1.54, 1.807) is 12.1 Å². The van der Waals surface area contributed by atoms with Gasteiger partial charge < -0.3 is 9.64 Å². The second-order valence-electron chi connectivity index (χ2n) is 7.98. The lowest BCUT2D eigenvalue weighted by molar-refractivity contribution is -0.129. The Morgan fingerprint density at radius 3 is 2.87 bits per heavy atom. The first-order valence-corrected chi connectivity index (χ1v) is 10.2. The lowest BCUT2D eigenvalue weighted by atomic mass is 10.0. The number of aromatic amines is 1. The molecule has 2 aromatic carbocycles. The number of likely N-dealkylation sites (tertiary alicyclic amines) is 1. The molecular formula is C24H26FN3O2. The summed E-state index contributed by atoms with van der Waals surface area (Å²) in [6.07, 6.45) is 1.33. The molecule has 1 N–H and O–H groups in total. The smallest absolute Gasteiger partial charge is 0.227 e. The molecule has 2 heterocycles. The van der Waals surface area contributed by atoms with Crippen LogP contribution in [0.5, 0.6) is 5.75 Å². The highest BCUT2D eigenvalue weighted by atomic mass is 19.1. The Labute approximate surface area is 175 Å². The van der Waals surface area contributed by atoms with Crippen LogP contribution < -0.4 is 4.74 Å². The number of benzene rings is 2. The van der Waals surface area contributed by atoms with Crippen LogP contribution in [0.25, 0.3) is 0 Å². The summed E-state index contributed by atoms with van der Waals surface area (Å²) in [5.74, 6) is 0.531. The van der Waals surface area contributed by atoms with Crippen LogP contribution in [0.3, 0.4) is 0 Å². The summed E-state index contributed by atoms with van der Waals surface area (Å²) >= 11 is 0. The van der Waals surface area contributed by atoms with E-state index in [1.807, 2.05) is 17.0 Å². The number of H-pyrrole nitrogens is 1. The van der Waals surface area contributed by atoms with E-state index >= 15 is 0 Å². The van der Waals surface area contributed by atoms with Crippen LogP contribution in [0.15, 0.2) is 48.5 Å². The molecule has 0 spiro atoms. The van der Waals surface area contributed by atoms with Gasteiger partial charge in [-0.25, -0.2) is 4.39 Å². The van der Waals surface area contributed by atoms with Crippen LogP contribution in [-0.2, 0) is 17.8 Å². The minimum Gasteiger partial charge on any atom is -0.487 e. The van der Waals surface area contributed by atoms with Gasteiger partial charge in [0.15, 0.2) is 0 Å². The van der Waals surface area contributed by atoms with Crippen LogP contribution in [0.4, 0.5) is 4.39 Å². The predicted octanol–water partition coefficient (Wildman–Crippen LogP) is 4.30. The normalized spacial score (nSPS) is 16.1. The highest BCUT2D eigenvalue weighted by molar-refractivity contribution is 5.79. The Balaban J connectivity index is 1.32. The Morgan fingerprint density at radius 2 is 2.07 bits per heavy atom. The van der Waals surface area contributed by atoms with Crippen molar-refractivity contribution in [2.24, 2.45) is 0 Å². The van der Waals surface area contributed by atoms with Gasteiger partial charge in [0.1, 0.15) is 18.2 Å². The third kappa shape index (κ3) is 4.70. The van der Waals surface area contributed by atoms with Crippen LogP contribution >= 0.6 is 0 Å². The second kappa shape index (κ2) is 8.69. The van der Waals surface area contributed by atoms with Crippen molar-refractivity contribution in [1.29, 1.82) is 0 Å². The quantitative estimate of drug-likeness (QED) is 0.663. The van der Waals surface area contributed by atoms with E-state index in [0.717, 1.165) is 29.9 Å². The van der Waals surface area contributed by atoms with E-state index in [9.17, 15) is 9.18 Å². The maximum absolute atomic E-state index is 13.2. The maximum Gasteiger partial charge on any atom is 0.227 e. The molecule has 156 valence electrons. The first-order valence-electron chi connectivity index (χ1n) is 10.2. The third-order valence-electron chi connectivity index (χ3n) is 5.73. The molecule has 30 heavy (non-hydrogen) atoms. The number of nitrogens with one attached hydrogen (secondary N) is 1. The minimum absolute atomic E-state index is 0.158. The number of amides is 1. The molecule has 0 saturated carbocycles. The Kier molecular flexibility index (Phi) is 5.84. The molecule has 1 aromatic heterocycles. The Morgan fingerprint density at radius 1 is 1.20 bits per heavy atom. The number of halogens is 1. The summed E-state index contributed by atoms with van der Waals surface area (Å²) < 4.78 is 18.9. The fraction of sp³-hybridized carbons (Fsp3) is 0.333. The maximum atomic E-state index is 13.2. The summed E-state index contributed by atoms with van der Waals surface area (Å²) in [7, 11) is 0. The summed E-state index contributed by atoms with van der Waals surface area (Å²) in [5, 5.41) is 7.40. The van der Waals surface area contributed by atoms with E-state index < -0.39 is 0 Å². The third-order valence-corrected chi connectivity index (χ3v) is 5.73. The van der Waals surface area contributed by atoms with Gasteiger partial charge in [0.2, 0.25) is 5.91 Å². The van der Waals surface area contributed by atoms with Gasteiger partial charge in [-0.2, -0.15) is 5.10 Å². The number of carbonyl (C=O) groups is 1. The molecule has 4 rings (SSSR count). The minimum atomic E-state index is -0.325. The van der Waals surface area contributed by atoms with E-state index in [2.05, 4.69) is 36.2 Å². The Hall–Kier alpha value is -3.15. The molecule has 1 atom stereocenters. The number of ether oxygens (including phenoxy) is 1. The van der Waals surface area contributed by atoms with Crippen molar-refractivity contribution in [3.05, 3.63) is 82.4 Å². The summed E-state index contributed by atoms with van der Waals surface area (Å²) in [6, 6.07) is 14.2. The highest BCUT2D eigenvalue weighted by Gasteiger charge is 2.29. The van der Waals surface area contributed by atoms with Gasteiger partial charge in [0.25, 0.3) is 0 Å². The lowest BCUT2D eigenvalue weighted by Gasteiger charge is -2.16. The summed E-state index contributed by atoms with van der Waals surface area (Å²) in [5.41, 5.74) is 5.28. The topological polar surface area (TPSA) is 58.2 Å². The molecule has 3 aromatic rings. The zero-order valence-electron chi connectivity index (χ0n) is 17.3. The number of hydrogen-bond acceptors (Lipinski definition) is 3. The average molecular weight is 407 g/mol. The first-order chi connectivity index (χ1) is 14.5. The largest absolute Gasteiger partial charge is 0.487 e. The summed E-state index contributed by atoms with van der Waals surface area (Å²) in [6.45, 7) is 5.86. The number of rotatable bonds is 6. The molecule has 0 bridgehead atoms. The van der Waals surface area contributed by atoms with E-state index in [4.69, 9.17) is 4.74 Å². The van der Waals surface area contributed by atoms with Crippen molar-refractivity contribution in [2.75, 3.05) is 13.1 Å². The molecule has 5 nitrogen and oxygen atoms in total. The predicted molar refractivity (Wildman–Crippen MR) is 113 cm³/mol. The van der Waals surface area contributed by atoms with Gasteiger partial charge in [-0.15, -0.1) is 0 Å². The van der Waals surface area contributed by atoms with Crippen LogP contribution in [0.2, 0.25) is 0 Å². The van der Waals surface area contributed by atoms with E-state index in [0.29, 0.717) is 25.3 Å². The van der Waals surface area contributed by atoms with Crippen LogP contribution in [0.1, 0.15) is 40.4 Å². The second-order valence-corrected chi connectivity index (χ2v) is 7.98. The van der Waals surface area contributed by atoms with E-state index in [-0.39, 0.29) is 17.6 Å². The number of aryl methyl sites for hydroxylation is 2. The van der Waals surface area contributed by atoms with Crippen molar-refractivity contribution in [3.63, 3.8) is 0 Å². The van der Waals surface area contributed by atoms with Gasteiger partial charge in [0.05, 0.1) is 17.8 Å². The molecule has 0 aliphatic carbocycles. The monoisotopic (exact) mass is 407 g/mol. The zero-order valence-corrected chi connectivity index (χ0v) is 17.3. The van der Waals surface area contributed by atoms with Gasteiger partial charge in [0, 0.05) is 25.1 Å². The highest BCUT2D eigenvalue weighted by Crippen LogP contribution is 2.27. The van der Waals surface area contributed by atoms with Crippen molar-refractivity contribution >= 4 is 5.91 Å². The molecule has 0 radical (unpaired) electrons. The molecule has 1 fully saturated rings. The molecular weight excluding hydrogens is 381 g/mol. The molecule has 1 saturated heterocycles. The van der Waals surface area contributed by atoms with Crippen molar-refractivity contribution < 1.29 is 13.9 Å². The molecule has 1 aliphatic rings. The zero-order chi connectivity index (χ0) is 21.1. The number of aromatic nitrogens is 2.